The minimum absolute atomic E-state index is 0.370. The number of rotatable bonds is 2. The third-order valence-corrected chi connectivity index (χ3v) is 3.12. The summed E-state index contributed by atoms with van der Waals surface area (Å²) < 4.78 is 0. The maximum Gasteiger partial charge on any atom is 0.142 e. The van der Waals surface area contributed by atoms with E-state index in [0.29, 0.717) is 11.4 Å². The van der Waals surface area contributed by atoms with Crippen molar-refractivity contribution in [3.05, 3.63) is 60.4 Å². The van der Waals surface area contributed by atoms with Gasteiger partial charge in [-0.15, -0.1) is 0 Å². The van der Waals surface area contributed by atoms with E-state index in [9.17, 15) is 0 Å². The summed E-state index contributed by atoms with van der Waals surface area (Å²) in [5.41, 5.74) is 8.87. The summed E-state index contributed by atoms with van der Waals surface area (Å²) in [6.45, 7) is 0. The smallest absolute Gasteiger partial charge is 0.142 e. The number of anilines is 3. The van der Waals surface area contributed by atoms with Crippen LogP contribution in [-0.2, 0) is 0 Å². The van der Waals surface area contributed by atoms with Gasteiger partial charge >= 0.3 is 0 Å². The number of nitrogens with two attached hydrogens (primary N) is 1. The molecule has 96 valence electrons. The minimum atomic E-state index is 0.370. The second kappa shape index (κ2) is 4.90. The number of pyridine rings is 1. The monoisotopic (exact) mass is 260 g/mol. The van der Waals surface area contributed by atoms with Crippen LogP contribution in [0, 0.1) is 11.3 Å². The van der Waals surface area contributed by atoms with Gasteiger partial charge in [-0.25, -0.2) is 4.98 Å². The summed E-state index contributed by atoms with van der Waals surface area (Å²) in [6.07, 6.45) is 1.60. The summed E-state index contributed by atoms with van der Waals surface area (Å²) >= 11 is 0. The second-order valence-corrected chi connectivity index (χ2v) is 4.41. The predicted octanol–water partition coefficient (Wildman–Crippen LogP) is 3.43. The van der Waals surface area contributed by atoms with Gasteiger partial charge in [0.25, 0.3) is 0 Å². The molecule has 0 fully saturated rings. The van der Waals surface area contributed by atoms with E-state index in [4.69, 9.17) is 11.0 Å². The van der Waals surface area contributed by atoms with Crippen LogP contribution < -0.4 is 11.1 Å². The molecule has 0 saturated heterocycles. The highest BCUT2D eigenvalue weighted by Crippen LogP contribution is 2.30. The molecule has 0 aliphatic carbocycles. The molecule has 2 aromatic carbocycles. The van der Waals surface area contributed by atoms with Gasteiger partial charge in [0.15, 0.2) is 0 Å². The molecule has 0 spiro atoms. The van der Waals surface area contributed by atoms with E-state index in [1.54, 1.807) is 18.3 Å². The maximum absolute atomic E-state index is 8.86. The van der Waals surface area contributed by atoms with Crippen LogP contribution >= 0.6 is 0 Å². The summed E-state index contributed by atoms with van der Waals surface area (Å²) in [5, 5.41) is 14.2. The molecule has 0 aliphatic heterocycles. The minimum Gasteiger partial charge on any atom is -0.397 e. The van der Waals surface area contributed by atoms with Crippen molar-refractivity contribution in [3.8, 4) is 6.07 Å². The van der Waals surface area contributed by atoms with Crippen molar-refractivity contribution < 1.29 is 0 Å². The van der Waals surface area contributed by atoms with Gasteiger partial charge in [0.2, 0.25) is 0 Å². The average molecular weight is 260 g/mol. The van der Waals surface area contributed by atoms with Crippen molar-refractivity contribution in [2.75, 3.05) is 11.1 Å². The van der Waals surface area contributed by atoms with E-state index in [2.05, 4.69) is 10.3 Å². The van der Waals surface area contributed by atoms with Crippen LogP contribution in [-0.4, -0.2) is 4.98 Å². The molecule has 0 radical (unpaired) electrons. The largest absolute Gasteiger partial charge is 0.397 e. The standard InChI is InChI=1S/C16H12N4/c17-10-13-9-12(7-8-19-13)20-15-6-5-11-3-1-2-4-14(11)16(15)18/h1-9H,18H2,(H,19,20). The van der Waals surface area contributed by atoms with Gasteiger partial charge in [-0.2, -0.15) is 5.26 Å². The fourth-order valence-electron chi connectivity index (χ4n) is 2.13. The molecule has 0 saturated carbocycles. The lowest BCUT2D eigenvalue weighted by molar-refractivity contribution is 1.26. The first-order valence-electron chi connectivity index (χ1n) is 6.18. The molecule has 4 heteroatoms. The molecule has 0 aliphatic rings. The second-order valence-electron chi connectivity index (χ2n) is 4.41. The molecule has 20 heavy (non-hydrogen) atoms. The zero-order valence-corrected chi connectivity index (χ0v) is 10.7. The van der Waals surface area contributed by atoms with Gasteiger partial charge in [-0.1, -0.05) is 30.3 Å². The Balaban J connectivity index is 2.02. The summed E-state index contributed by atoms with van der Waals surface area (Å²) in [6, 6.07) is 17.4. The fraction of sp³-hybridized carbons (Fsp3) is 0. The molecule has 1 heterocycles. The van der Waals surface area contributed by atoms with Crippen LogP contribution in [0.4, 0.5) is 17.1 Å². The Morgan fingerprint density at radius 3 is 2.80 bits per heavy atom. The van der Waals surface area contributed by atoms with Gasteiger partial charge in [-0.3, -0.25) is 0 Å². The normalized spacial score (nSPS) is 10.2. The van der Waals surface area contributed by atoms with Crippen molar-refractivity contribution in [1.29, 1.82) is 5.26 Å². The van der Waals surface area contributed by atoms with Gasteiger partial charge in [-0.05, 0) is 23.6 Å². The maximum atomic E-state index is 8.86. The summed E-state index contributed by atoms with van der Waals surface area (Å²) in [7, 11) is 0. The third kappa shape index (κ3) is 2.13. The third-order valence-electron chi connectivity index (χ3n) is 3.12. The van der Waals surface area contributed by atoms with Crippen molar-refractivity contribution in [2.45, 2.75) is 0 Å². The topological polar surface area (TPSA) is 74.7 Å². The molecule has 1 aromatic heterocycles. The Hall–Kier alpha value is -3.06. The molecule has 0 unspecified atom stereocenters. The lowest BCUT2D eigenvalue weighted by Crippen LogP contribution is -1.98. The fourth-order valence-corrected chi connectivity index (χ4v) is 2.13. The van der Waals surface area contributed by atoms with Crippen molar-refractivity contribution >= 4 is 27.8 Å². The highest BCUT2D eigenvalue weighted by atomic mass is 14.9. The average Bonchev–Trinajstić information content (AvgIpc) is 2.50. The molecule has 3 rings (SSSR count). The van der Waals surface area contributed by atoms with Gasteiger partial charge in [0, 0.05) is 17.3 Å². The van der Waals surface area contributed by atoms with Crippen molar-refractivity contribution in [1.82, 2.24) is 4.98 Å². The lowest BCUT2D eigenvalue weighted by atomic mass is 10.1. The van der Waals surface area contributed by atoms with Gasteiger partial charge in [0.05, 0.1) is 11.4 Å². The first kappa shape index (κ1) is 12.0. The Morgan fingerprint density at radius 2 is 1.95 bits per heavy atom. The molecule has 0 atom stereocenters. The van der Waals surface area contributed by atoms with E-state index in [1.807, 2.05) is 42.5 Å². The van der Waals surface area contributed by atoms with Crippen LogP contribution in [0.2, 0.25) is 0 Å². The summed E-state index contributed by atoms with van der Waals surface area (Å²) in [5.74, 6) is 0. The number of hydrogen-bond donors (Lipinski definition) is 2. The molecule has 0 bridgehead atoms. The predicted molar refractivity (Wildman–Crippen MR) is 80.6 cm³/mol. The van der Waals surface area contributed by atoms with E-state index < -0.39 is 0 Å². The van der Waals surface area contributed by atoms with Gasteiger partial charge in [0.1, 0.15) is 11.8 Å². The van der Waals surface area contributed by atoms with Crippen LogP contribution in [0.25, 0.3) is 10.8 Å². The Labute approximate surface area is 116 Å². The summed E-state index contributed by atoms with van der Waals surface area (Å²) in [4.78, 5) is 3.94. The van der Waals surface area contributed by atoms with E-state index in [-0.39, 0.29) is 0 Å². The molecular weight excluding hydrogens is 248 g/mol. The van der Waals surface area contributed by atoms with Crippen LogP contribution in [0.5, 0.6) is 0 Å². The number of nitrogens with zero attached hydrogens (tertiary/aromatic N) is 2. The number of nitrogens with one attached hydrogen (secondary N) is 1. The van der Waals surface area contributed by atoms with Crippen molar-refractivity contribution in [2.24, 2.45) is 0 Å². The quantitative estimate of drug-likeness (QED) is 0.692. The zero-order chi connectivity index (χ0) is 13.9. The highest BCUT2D eigenvalue weighted by Gasteiger charge is 2.05. The van der Waals surface area contributed by atoms with Crippen LogP contribution in [0.3, 0.4) is 0 Å². The molecular formula is C16H12N4. The highest BCUT2D eigenvalue weighted by molar-refractivity contribution is 5.99. The SMILES string of the molecule is N#Cc1cc(Nc2ccc3ccccc3c2N)ccn1. The number of aromatic nitrogens is 1. The zero-order valence-electron chi connectivity index (χ0n) is 10.7. The lowest BCUT2D eigenvalue weighted by Gasteiger charge is -2.11. The Kier molecular flexibility index (Phi) is 2.94. The number of hydrogen-bond acceptors (Lipinski definition) is 4. The van der Waals surface area contributed by atoms with E-state index in [1.165, 1.54) is 0 Å². The van der Waals surface area contributed by atoms with E-state index in [0.717, 1.165) is 22.1 Å². The first-order chi connectivity index (χ1) is 9.78. The van der Waals surface area contributed by atoms with Gasteiger partial charge < -0.3 is 11.1 Å². The molecule has 3 aromatic rings. The van der Waals surface area contributed by atoms with Crippen LogP contribution in [0.1, 0.15) is 5.69 Å². The first-order valence-corrected chi connectivity index (χ1v) is 6.18. The number of nitrogen functional groups attached to an aromatic ring is 1. The number of nitriles is 1. The molecule has 0 amide bonds. The Bertz CT molecular complexity index is 818. The molecule has 3 N–H and O–H groups in total. The van der Waals surface area contributed by atoms with Crippen molar-refractivity contribution in [3.63, 3.8) is 0 Å². The van der Waals surface area contributed by atoms with Crippen LogP contribution in [0.15, 0.2) is 54.7 Å². The number of fused-ring (bicyclic) bond motifs is 1. The van der Waals surface area contributed by atoms with E-state index >= 15 is 0 Å². The Morgan fingerprint density at radius 1 is 1.10 bits per heavy atom. The molecule has 4 nitrogen and oxygen atoms in total. The number of benzene rings is 2.